The molecule has 5 nitrogen and oxygen atoms in total. The zero-order valence-electron chi connectivity index (χ0n) is 15.4. The molecule has 0 aliphatic carbocycles. The van der Waals surface area contributed by atoms with Crippen LogP contribution in [0.25, 0.3) is 0 Å². The molecule has 2 fully saturated rings. The minimum Gasteiger partial charge on any atom is -0.312 e. The Morgan fingerprint density at radius 1 is 0.964 bits per heavy atom. The number of rotatable bonds is 4. The van der Waals surface area contributed by atoms with E-state index in [-0.39, 0.29) is 24.5 Å². The standard InChI is InChI=1S/C21H21Cl2N3O2/c22-16-7-6-15(19(23)12-16)13-24-10-8-17(9-11-24)25-14-20(27)26(21(25)28)18-4-2-1-3-5-18/h1-7,12,17H,8-11,13-14H2. The molecule has 7 heteroatoms. The molecule has 2 aliphatic heterocycles. The van der Waals surface area contributed by atoms with Crippen molar-refractivity contribution >= 4 is 40.8 Å². The number of carbonyl (C=O) groups is 2. The van der Waals surface area contributed by atoms with Gasteiger partial charge in [-0.25, -0.2) is 9.69 Å². The normalized spacial score (nSPS) is 18.9. The van der Waals surface area contributed by atoms with E-state index in [0.717, 1.165) is 38.0 Å². The lowest BCUT2D eigenvalue weighted by Gasteiger charge is -2.36. The monoisotopic (exact) mass is 417 g/mol. The van der Waals surface area contributed by atoms with Gasteiger partial charge in [-0.2, -0.15) is 0 Å². The second-order valence-electron chi connectivity index (χ2n) is 7.22. The van der Waals surface area contributed by atoms with Gasteiger partial charge in [0.05, 0.1) is 5.69 Å². The second-order valence-corrected chi connectivity index (χ2v) is 8.06. The van der Waals surface area contributed by atoms with E-state index >= 15 is 0 Å². The molecule has 2 aromatic carbocycles. The first-order chi connectivity index (χ1) is 13.5. The Kier molecular flexibility index (Phi) is 5.58. The topological polar surface area (TPSA) is 43.9 Å². The van der Waals surface area contributed by atoms with Crippen molar-refractivity contribution < 1.29 is 9.59 Å². The van der Waals surface area contributed by atoms with Gasteiger partial charge in [0.1, 0.15) is 6.54 Å². The predicted octanol–water partition coefficient (Wildman–Crippen LogP) is 4.43. The third-order valence-corrected chi connectivity index (χ3v) is 6.00. The molecule has 28 heavy (non-hydrogen) atoms. The number of piperidine rings is 1. The number of likely N-dealkylation sites (tertiary alicyclic amines) is 1. The van der Waals surface area contributed by atoms with Crippen LogP contribution in [0.15, 0.2) is 48.5 Å². The number of anilines is 1. The van der Waals surface area contributed by atoms with Crippen LogP contribution in [0, 0.1) is 0 Å². The summed E-state index contributed by atoms with van der Waals surface area (Å²) < 4.78 is 0. The molecule has 0 aromatic heterocycles. The summed E-state index contributed by atoms with van der Waals surface area (Å²) in [6.45, 7) is 2.62. The number of nitrogens with zero attached hydrogens (tertiary/aromatic N) is 3. The minimum absolute atomic E-state index is 0.0853. The van der Waals surface area contributed by atoms with Gasteiger partial charge in [0.25, 0.3) is 5.91 Å². The van der Waals surface area contributed by atoms with Crippen LogP contribution >= 0.6 is 23.2 Å². The molecule has 2 saturated heterocycles. The summed E-state index contributed by atoms with van der Waals surface area (Å²) >= 11 is 12.2. The molecule has 0 atom stereocenters. The van der Waals surface area contributed by atoms with Gasteiger partial charge < -0.3 is 4.90 Å². The number of carbonyl (C=O) groups excluding carboxylic acids is 2. The maximum absolute atomic E-state index is 12.9. The lowest BCUT2D eigenvalue weighted by Crippen LogP contribution is -2.46. The van der Waals surface area contributed by atoms with Crippen LogP contribution in [0.5, 0.6) is 0 Å². The van der Waals surface area contributed by atoms with Crippen molar-refractivity contribution in [2.45, 2.75) is 25.4 Å². The molecule has 0 unspecified atom stereocenters. The maximum Gasteiger partial charge on any atom is 0.332 e. The van der Waals surface area contributed by atoms with Crippen LogP contribution in [0.1, 0.15) is 18.4 Å². The van der Waals surface area contributed by atoms with Gasteiger partial charge in [-0.05, 0) is 42.7 Å². The molecule has 2 heterocycles. The number of para-hydroxylation sites is 1. The highest BCUT2D eigenvalue weighted by Gasteiger charge is 2.41. The Labute approximate surface area is 174 Å². The fourth-order valence-electron chi connectivity index (χ4n) is 3.92. The molecule has 2 aromatic rings. The Hall–Kier alpha value is -2.08. The molecule has 3 amide bonds. The van der Waals surface area contributed by atoms with E-state index in [1.54, 1.807) is 23.1 Å². The van der Waals surface area contributed by atoms with E-state index in [4.69, 9.17) is 23.2 Å². The first-order valence-electron chi connectivity index (χ1n) is 9.38. The third kappa shape index (κ3) is 3.88. The zero-order chi connectivity index (χ0) is 19.7. The highest BCUT2D eigenvalue weighted by Crippen LogP contribution is 2.28. The lowest BCUT2D eigenvalue weighted by atomic mass is 10.0. The molecule has 146 valence electrons. The summed E-state index contributed by atoms with van der Waals surface area (Å²) in [7, 11) is 0. The molecular formula is C21H21Cl2N3O2. The largest absolute Gasteiger partial charge is 0.332 e. The van der Waals surface area contributed by atoms with Crippen LogP contribution in [0.4, 0.5) is 10.5 Å². The van der Waals surface area contributed by atoms with E-state index in [0.29, 0.717) is 15.7 Å². The summed E-state index contributed by atoms with van der Waals surface area (Å²) in [4.78, 5) is 30.6. The number of imide groups is 1. The van der Waals surface area contributed by atoms with Crippen molar-refractivity contribution in [3.63, 3.8) is 0 Å². The SMILES string of the molecule is O=C1CN(C2CCN(Cc3ccc(Cl)cc3Cl)CC2)C(=O)N1c1ccccc1. The average Bonchev–Trinajstić information content (AvgIpc) is 2.99. The molecule has 0 bridgehead atoms. The number of hydrogen-bond donors (Lipinski definition) is 0. The van der Waals surface area contributed by atoms with E-state index in [9.17, 15) is 9.59 Å². The Morgan fingerprint density at radius 2 is 1.68 bits per heavy atom. The van der Waals surface area contributed by atoms with Crippen LogP contribution in [-0.4, -0.2) is 47.4 Å². The van der Waals surface area contributed by atoms with Gasteiger partial charge in [-0.1, -0.05) is 47.5 Å². The highest BCUT2D eigenvalue weighted by molar-refractivity contribution is 6.35. The van der Waals surface area contributed by atoms with E-state index in [1.807, 2.05) is 30.3 Å². The summed E-state index contributed by atoms with van der Waals surface area (Å²) in [5.41, 5.74) is 1.68. The number of hydrogen-bond acceptors (Lipinski definition) is 3. The first-order valence-corrected chi connectivity index (χ1v) is 10.1. The van der Waals surface area contributed by atoms with Crippen molar-refractivity contribution in [3.8, 4) is 0 Å². The highest BCUT2D eigenvalue weighted by atomic mass is 35.5. The average molecular weight is 418 g/mol. The van der Waals surface area contributed by atoms with Crippen molar-refractivity contribution in [1.82, 2.24) is 9.80 Å². The summed E-state index contributed by atoms with van der Waals surface area (Å²) in [6.07, 6.45) is 1.68. The van der Waals surface area contributed by atoms with E-state index < -0.39 is 0 Å². The fraction of sp³-hybridized carbons (Fsp3) is 0.333. The lowest BCUT2D eigenvalue weighted by molar-refractivity contribution is -0.116. The Bertz CT molecular complexity index is 882. The van der Waals surface area contributed by atoms with Crippen LogP contribution in [0.2, 0.25) is 10.0 Å². The number of benzene rings is 2. The summed E-state index contributed by atoms with van der Waals surface area (Å²) in [5.74, 6) is -0.161. The van der Waals surface area contributed by atoms with E-state index in [1.165, 1.54) is 4.90 Å². The van der Waals surface area contributed by atoms with E-state index in [2.05, 4.69) is 4.90 Å². The molecular weight excluding hydrogens is 397 g/mol. The van der Waals surface area contributed by atoms with Crippen molar-refractivity contribution in [2.75, 3.05) is 24.5 Å². The van der Waals surface area contributed by atoms with Gasteiger partial charge in [-0.3, -0.25) is 9.69 Å². The molecule has 0 radical (unpaired) electrons. The van der Waals surface area contributed by atoms with Gasteiger partial charge in [-0.15, -0.1) is 0 Å². The molecule has 0 saturated carbocycles. The zero-order valence-corrected chi connectivity index (χ0v) is 16.9. The first kappa shape index (κ1) is 19.2. The number of urea groups is 1. The Balaban J connectivity index is 1.37. The van der Waals surface area contributed by atoms with Crippen LogP contribution in [-0.2, 0) is 11.3 Å². The summed E-state index contributed by atoms with van der Waals surface area (Å²) in [5, 5.41) is 1.31. The molecule has 4 rings (SSSR count). The van der Waals surface area contributed by atoms with Crippen molar-refractivity contribution in [3.05, 3.63) is 64.1 Å². The van der Waals surface area contributed by atoms with Crippen molar-refractivity contribution in [1.29, 1.82) is 0 Å². The van der Waals surface area contributed by atoms with Gasteiger partial charge in [0.15, 0.2) is 0 Å². The van der Waals surface area contributed by atoms with Crippen molar-refractivity contribution in [2.24, 2.45) is 0 Å². The molecule has 0 spiro atoms. The van der Waals surface area contributed by atoms with Gasteiger partial charge >= 0.3 is 6.03 Å². The molecule has 2 aliphatic rings. The third-order valence-electron chi connectivity index (χ3n) is 5.41. The number of halogens is 2. The molecule has 0 N–H and O–H groups in total. The minimum atomic E-state index is -0.213. The fourth-order valence-corrected chi connectivity index (χ4v) is 4.38. The smallest absolute Gasteiger partial charge is 0.312 e. The van der Waals surface area contributed by atoms with Crippen LogP contribution < -0.4 is 4.90 Å². The Morgan fingerprint density at radius 3 is 2.36 bits per heavy atom. The number of amides is 3. The van der Waals surface area contributed by atoms with Crippen LogP contribution in [0.3, 0.4) is 0 Å². The summed E-state index contributed by atoms with van der Waals surface area (Å²) in [6, 6.07) is 14.6. The quantitative estimate of drug-likeness (QED) is 0.691. The second kappa shape index (κ2) is 8.11. The van der Waals surface area contributed by atoms with Gasteiger partial charge in [0.2, 0.25) is 0 Å². The van der Waals surface area contributed by atoms with Gasteiger partial charge in [0, 0.05) is 35.7 Å². The predicted molar refractivity (Wildman–Crippen MR) is 111 cm³/mol. The maximum atomic E-state index is 12.9.